The van der Waals surface area contributed by atoms with Gasteiger partial charge in [-0.25, -0.2) is 4.98 Å². The van der Waals surface area contributed by atoms with Gasteiger partial charge in [0.15, 0.2) is 11.6 Å². The van der Waals surface area contributed by atoms with Gasteiger partial charge < -0.3 is 15.3 Å². The van der Waals surface area contributed by atoms with E-state index in [0.717, 1.165) is 0 Å². The van der Waals surface area contributed by atoms with Gasteiger partial charge >= 0.3 is 6.11 Å². The van der Waals surface area contributed by atoms with Crippen molar-refractivity contribution in [2.45, 2.75) is 25.4 Å². The monoisotopic (exact) mass is 356 g/mol. The third-order valence-corrected chi connectivity index (χ3v) is 3.75. The topological polar surface area (TPSA) is 79.3 Å². The highest BCUT2D eigenvalue weighted by Gasteiger charge is 2.37. The smallest absolute Gasteiger partial charge is 0.398 e. The maximum atomic E-state index is 13.6. The Bertz CT molecular complexity index is 801. The Balaban J connectivity index is 2.01. The van der Waals surface area contributed by atoms with Crippen molar-refractivity contribution in [3.05, 3.63) is 35.3 Å². The van der Waals surface area contributed by atoms with Crippen LogP contribution in [0.2, 0.25) is 5.28 Å². The molecule has 3 rings (SSSR count). The average molecular weight is 357 g/mol. The summed E-state index contributed by atoms with van der Waals surface area (Å²) in [4.78, 5) is 8.10. The summed E-state index contributed by atoms with van der Waals surface area (Å²) < 4.78 is 32.0. The van der Waals surface area contributed by atoms with E-state index in [-0.39, 0.29) is 36.0 Å². The van der Waals surface area contributed by atoms with Crippen LogP contribution in [-0.2, 0) is 6.42 Å². The minimum atomic E-state index is -3.24. The molecule has 1 aromatic carbocycles. The van der Waals surface area contributed by atoms with Crippen LogP contribution >= 0.6 is 11.6 Å². The zero-order valence-corrected chi connectivity index (χ0v) is 13.3. The number of hydrogen-bond donors (Lipinski definition) is 3. The molecule has 0 bridgehead atoms. The minimum absolute atomic E-state index is 0.0188. The van der Waals surface area contributed by atoms with Gasteiger partial charge in [0.1, 0.15) is 5.52 Å². The number of fused-ring (bicyclic) bond motifs is 3. The van der Waals surface area contributed by atoms with Crippen LogP contribution in [0, 0.1) is 0 Å². The number of ether oxygens (including phenoxy) is 1. The van der Waals surface area contributed by atoms with Gasteiger partial charge in [-0.2, -0.15) is 13.8 Å². The summed E-state index contributed by atoms with van der Waals surface area (Å²) in [6.45, 7) is 3.66. The van der Waals surface area contributed by atoms with Crippen LogP contribution in [0.1, 0.15) is 18.4 Å². The molecule has 0 unspecified atom stereocenters. The van der Waals surface area contributed by atoms with Crippen molar-refractivity contribution in [2.75, 3.05) is 12.0 Å². The second kappa shape index (κ2) is 6.37. The van der Waals surface area contributed by atoms with E-state index in [4.69, 9.17) is 21.4 Å². The number of aromatic nitrogens is 2. The quantitative estimate of drug-likeness (QED) is 0.564. The third-order valence-electron chi connectivity index (χ3n) is 3.58. The van der Waals surface area contributed by atoms with E-state index in [9.17, 15) is 8.78 Å². The lowest BCUT2D eigenvalue weighted by Gasteiger charge is -2.26. The zero-order chi connectivity index (χ0) is 17.3. The van der Waals surface area contributed by atoms with Crippen LogP contribution in [0.3, 0.4) is 0 Å². The first-order valence-electron chi connectivity index (χ1n) is 7.26. The summed E-state index contributed by atoms with van der Waals surface area (Å²) in [5, 5.41) is 9.23. The number of nitrogens with zero attached hydrogens (tertiary/aromatic N) is 2. The lowest BCUT2D eigenvalue weighted by molar-refractivity contribution is -0.186. The van der Waals surface area contributed by atoms with E-state index in [0.29, 0.717) is 28.9 Å². The fourth-order valence-corrected chi connectivity index (χ4v) is 2.59. The molecule has 0 amide bonds. The van der Waals surface area contributed by atoms with Gasteiger partial charge in [0.25, 0.3) is 0 Å². The van der Waals surface area contributed by atoms with Crippen LogP contribution in [0.15, 0.2) is 24.4 Å². The first kappa shape index (κ1) is 16.7. The van der Waals surface area contributed by atoms with E-state index in [2.05, 4.69) is 27.4 Å². The van der Waals surface area contributed by atoms with Gasteiger partial charge in [-0.15, -0.1) is 0 Å². The molecule has 2 aromatic rings. The maximum absolute atomic E-state index is 13.6. The van der Waals surface area contributed by atoms with Gasteiger partial charge in [0.2, 0.25) is 5.28 Å². The molecule has 0 radical (unpaired) electrons. The Morgan fingerprint density at radius 3 is 2.96 bits per heavy atom. The fourth-order valence-electron chi connectivity index (χ4n) is 2.42. The van der Waals surface area contributed by atoms with E-state index in [1.165, 1.54) is 0 Å². The van der Waals surface area contributed by atoms with E-state index < -0.39 is 6.11 Å². The number of hydrazine groups is 1. The summed E-state index contributed by atoms with van der Waals surface area (Å²) in [7, 11) is 0. The summed E-state index contributed by atoms with van der Waals surface area (Å²) >= 11 is 5.92. The average Bonchev–Trinajstić information content (AvgIpc) is 2.52. The Morgan fingerprint density at radius 1 is 1.42 bits per heavy atom. The lowest BCUT2D eigenvalue weighted by Crippen LogP contribution is -2.30. The van der Waals surface area contributed by atoms with Gasteiger partial charge in [-0.05, 0) is 29.7 Å². The molecule has 1 aromatic heterocycles. The summed E-state index contributed by atoms with van der Waals surface area (Å²) in [5.74, 6) is 0.315. The summed E-state index contributed by atoms with van der Waals surface area (Å²) in [5.41, 5.74) is 6.96. The number of halogens is 3. The van der Waals surface area contributed by atoms with E-state index in [1.54, 1.807) is 12.1 Å². The van der Waals surface area contributed by atoms with E-state index in [1.807, 2.05) is 0 Å². The highest BCUT2D eigenvalue weighted by molar-refractivity contribution is 6.29. The normalized spacial score (nSPS) is 15.5. The summed E-state index contributed by atoms with van der Waals surface area (Å²) in [6.07, 6.45) is -3.08. The van der Waals surface area contributed by atoms with Crippen LogP contribution in [0.5, 0.6) is 5.75 Å². The first-order chi connectivity index (χ1) is 11.4. The second-order valence-corrected chi connectivity index (χ2v) is 5.70. The molecule has 3 N–H and O–H groups in total. The Hall–Kier alpha value is -2.19. The van der Waals surface area contributed by atoms with Crippen molar-refractivity contribution in [2.24, 2.45) is 0 Å². The van der Waals surface area contributed by atoms with Crippen molar-refractivity contribution < 1.29 is 18.6 Å². The lowest BCUT2D eigenvalue weighted by atomic mass is 10.0. The molecule has 0 spiro atoms. The Kier molecular flexibility index (Phi) is 4.42. The van der Waals surface area contributed by atoms with E-state index >= 15 is 0 Å². The molecular weight excluding hydrogens is 342 g/mol. The van der Waals surface area contributed by atoms with Gasteiger partial charge in [0.05, 0.1) is 6.42 Å². The van der Waals surface area contributed by atoms with Crippen molar-refractivity contribution in [3.63, 3.8) is 0 Å². The Labute approximate surface area is 141 Å². The largest absolute Gasteiger partial charge is 0.430 e. The highest BCUT2D eigenvalue weighted by atomic mass is 35.5. The predicted octanol–water partition coefficient (Wildman–Crippen LogP) is 3.01. The van der Waals surface area contributed by atoms with Gasteiger partial charge in [-0.3, -0.25) is 5.43 Å². The molecule has 1 aliphatic rings. The Morgan fingerprint density at radius 2 is 2.21 bits per heavy atom. The molecule has 0 fully saturated rings. The number of aryl methyl sites for hydroxylation is 1. The molecule has 0 saturated heterocycles. The van der Waals surface area contributed by atoms with Crippen molar-refractivity contribution >= 4 is 28.3 Å². The standard InChI is InChI=1S/C15H15ClF2N4O2/c1-8(5-7-23)21-22-13-10-3-2-9-4-6-15(17,18)24-12(9)11(10)19-14(16)20-13/h2-3,21,23H,1,4-7H2,(H,19,20,22). The van der Waals surface area contributed by atoms with Crippen LogP contribution < -0.4 is 15.6 Å². The van der Waals surface area contributed by atoms with Crippen molar-refractivity contribution in [1.29, 1.82) is 0 Å². The molecule has 128 valence electrons. The molecular formula is C15H15ClF2N4O2. The number of anilines is 1. The first-order valence-corrected chi connectivity index (χ1v) is 7.64. The molecule has 0 atom stereocenters. The fraction of sp³-hybridized carbons (Fsp3) is 0.333. The highest BCUT2D eigenvalue weighted by Crippen LogP contribution is 2.40. The molecule has 9 heteroatoms. The van der Waals surface area contributed by atoms with Crippen LogP contribution in [0.4, 0.5) is 14.6 Å². The molecule has 1 aliphatic heterocycles. The van der Waals surface area contributed by atoms with Crippen LogP contribution in [0.25, 0.3) is 10.9 Å². The number of benzene rings is 1. The number of alkyl halides is 2. The number of rotatable bonds is 5. The number of nitrogens with one attached hydrogen (secondary N) is 2. The number of hydrogen-bond acceptors (Lipinski definition) is 6. The van der Waals surface area contributed by atoms with Gasteiger partial charge in [-0.1, -0.05) is 12.6 Å². The molecule has 24 heavy (non-hydrogen) atoms. The van der Waals surface area contributed by atoms with Crippen LogP contribution in [-0.4, -0.2) is 27.8 Å². The number of aliphatic hydroxyl groups is 1. The van der Waals surface area contributed by atoms with Crippen molar-refractivity contribution in [1.82, 2.24) is 15.4 Å². The number of aliphatic hydroxyl groups excluding tert-OH is 1. The molecule has 2 heterocycles. The molecule has 6 nitrogen and oxygen atoms in total. The molecule has 0 saturated carbocycles. The SMILES string of the molecule is C=C(CCO)NNc1nc(Cl)nc2c3c(ccc12)CCC(F)(F)O3. The predicted molar refractivity (Wildman–Crippen MR) is 86.0 cm³/mol. The second-order valence-electron chi connectivity index (χ2n) is 5.36. The third kappa shape index (κ3) is 3.34. The van der Waals surface area contributed by atoms with Gasteiger partial charge in [0, 0.05) is 24.1 Å². The maximum Gasteiger partial charge on any atom is 0.398 e. The summed E-state index contributed by atoms with van der Waals surface area (Å²) in [6, 6.07) is 3.42. The molecule has 0 aliphatic carbocycles. The van der Waals surface area contributed by atoms with Crippen molar-refractivity contribution in [3.8, 4) is 5.75 Å². The zero-order valence-electron chi connectivity index (χ0n) is 12.6. The minimum Gasteiger partial charge on any atom is -0.430 e.